The molecule has 0 unspecified atom stereocenters. The van der Waals surface area contributed by atoms with Crippen LogP contribution in [0.15, 0.2) is 24.3 Å². The van der Waals surface area contributed by atoms with Crippen LogP contribution in [0.4, 0.5) is 0 Å². The van der Waals surface area contributed by atoms with Crippen LogP contribution in [0, 0.1) is 11.3 Å². The number of nitriles is 1. The lowest BCUT2D eigenvalue weighted by molar-refractivity contribution is -0.156. The molecule has 0 amide bonds. The summed E-state index contributed by atoms with van der Waals surface area (Å²) in [5, 5.41) is 8.80. The first kappa shape index (κ1) is 17.2. The molecular formula is C17H24N2O2. The molecule has 0 aromatic heterocycles. The molecule has 4 nitrogen and oxygen atoms in total. The Balaban J connectivity index is 2.69. The van der Waals surface area contributed by atoms with Crippen LogP contribution >= 0.6 is 0 Å². The van der Waals surface area contributed by atoms with E-state index in [-0.39, 0.29) is 18.6 Å². The Hall–Kier alpha value is -1.86. The van der Waals surface area contributed by atoms with E-state index in [1.165, 1.54) is 0 Å². The van der Waals surface area contributed by atoms with Crippen molar-refractivity contribution in [3.8, 4) is 6.07 Å². The number of carbonyl (C=O) groups is 1. The van der Waals surface area contributed by atoms with Crippen molar-refractivity contribution >= 4 is 5.97 Å². The van der Waals surface area contributed by atoms with E-state index in [1.54, 1.807) is 12.1 Å². The van der Waals surface area contributed by atoms with Gasteiger partial charge in [-0.15, -0.1) is 0 Å². The molecule has 114 valence electrons. The van der Waals surface area contributed by atoms with Crippen molar-refractivity contribution in [1.29, 1.82) is 5.26 Å². The maximum absolute atomic E-state index is 12.0. The van der Waals surface area contributed by atoms with Gasteiger partial charge in [-0.25, -0.2) is 0 Å². The van der Waals surface area contributed by atoms with Crippen LogP contribution in [0.1, 0.15) is 45.7 Å². The standard InChI is InChI=1S/C17H24N2O2/c1-13(2)19(12-16(20)21-17(3,4)5)11-15-8-6-14(10-18)7-9-15/h6-9,13H,11-12H2,1-5H3. The number of esters is 1. The molecule has 1 rings (SSSR count). The number of carbonyl (C=O) groups excluding carboxylic acids is 1. The minimum Gasteiger partial charge on any atom is -0.459 e. The highest BCUT2D eigenvalue weighted by Gasteiger charge is 2.20. The van der Waals surface area contributed by atoms with Gasteiger partial charge in [0.2, 0.25) is 0 Å². The SMILES string of the molecule is CC(C)N(CC(=O)OC(C)(C)C)Cc1ccc(C#N)cc1. The van der Waals surface area contributed by atoms with E-state index in [2.05, 4.69) is 11.0 Å². The normalized spacial score (nSPS) is 11.5. The molecule has 4 heteroatoms. The lowest BCUT2D eigenvalue weighted by Crippen LogP contribution is -2.38. The van der Waals surface area contributed by atoms with E-state index in [1.807, 2.05) is 46.8 Å². The van der Waals surface area contributed by atoms with Crippen LogP contribution in [0.5, 0.6) is 0 Å². The van der Waals surface area contributed by atoms with E-state index >= 15 is 0 Å². The van der Waals surface area contributed by atoms with Gasteiger partial charge in [0, 0.05) is 12.6 Å². The lowest BCUT2D eigenvalue weighted by Gasteiger charge is -2.27. The Bertz CT molecular complexity index is 507. The Morgan fingerprint density at radius 2 is 1.86 bits per heavy atom. The fourth-order valence-electron chi connectivity index (χ4n) is 1.88. The first-order chi connectivity index (χ1) is 9.71. The fraction of sp³-hybridized carbons (Fsp3) is 0.529. The molecule has 0 N–H and O–H groups in total. The number of nitrogens with zero attached hydrogens (tertiary/aromatic N) is 2. The molecule has 0 aliphatic carbocycles. The van der Waals surface area contributed by atoms with Crippen LogP contribution in [0.25, 0.3) is 0 Å². The first-order valence-electron chi connectivity index (χ1n) is 7.16. The van der Waals surface area contributed by atoms with Crippen molar-refractivity contribution in [1.82, 2.24) is 4.90 Å². The molecule has 0 heterocycles. The van der Waals surface area contributed by atoms with Crippen molar-refractivity contribution in [3.63, 3.8) is 0 Å². The van der Waals surface area contributed by atoms with Crippen LogP contribution in [0.2, 0.25) is 0 Å². The number of hydrogen-bond acceptors (Lipinski definition) is 4. The van der Waals surface area contributed by atoms with Crippen molar-refractivity contribution in [2.45, 2.75) is 52.8 Å². The van der Waals surface area contributed by atoms with Gasteiger partial charge < -0.3 is 4.74 Å². The van der Waals surface area contributed by atoms with E-state index in [0.29, 0.717) is 12.1 Å². The maximum Gasteiger partial charge on any atom is 0.320 e. The summed E-state index contributed by atoms with van der Waals surface area (Å²) in [7, 11) is 0. The summed E-state index contributed by atoms with van der Waals surface area (Å²) in [6.45, 7) is 10.6. The summed E-state index contributed by atoms with van der Waals surface area (Å²) in [6, 6.07) is 9.76. The molecule has 0 atom stereocenters. The highest BCUT2D eigenvalue weighted by Crippen LogP contribution is 2.12. The summed E-state index contributed by atoms with van der Waals surface area (Å²) < 4.78 is 5.37. The van der Waals surface area contributed by atoms with E-state index in [0.717, 1.165) is 5.56 Å². The van der Waals surface area contributed by atoms with Crippen molar-refractivity contribution in [2.75, 3.05) is 6.54 Å². The van der Waals surface area contributed by atoms with Gasteiger partial charge in [-0.05, 0) is 52.3 Å². The largest absolute Gasteiger partial charge is 0.459 e. The summed E-state index contributed by atoms with van der Waals surface area (Å²) in [6.07, 6.45) is 0. The third-order valence-corrected chi connectivity index (χ3v) is 2.95. The molecule has 0 fully saturated rings. The summed E-state index contributed by atoms with van der Waals surface area (Å²) in [5.74, 6) is -0.218. The van der Waals surface area contributed by atoms with Gasteiger partial charge in [0.15, 0.2) is 0 Å². The van der Waals surface area contributed by atoms with Gasteiger partial charge in [-0.3, -0.25) is 9.69 Å². The Morgan fingerprint density at radius 3 is 2.29 bits per heavy atom. The van der Waals surface area contributed by atoms with Gasteiger partial charge in [-0.2, -0.15) is 5.26 Å². The summed E-state index contributed by atoms with van der Waals surface area (Å²) in [4.78, 5) is 14.0. The summed E-state index contributed by atoms with van der Waals surface area (Å²) in [5.41, 5.74) is 1.25. The topological polar surface area (TPSA) is 53.3 Å². The van der Waals surface area contributed by atoms with E-state index < -0.39 is 5.60 Å². The highest BCUT2D eigenvalue weighted by atomic mass is 16.6. The predicted octanol–water partition coefficient (Wildman–Crippen LogP) is 3.11. The van der Waals surface area contributed by atoms with Crippen molar-refractivity contribution in [3.05, 3.63) is 35.4 Å². The van der Waals surface area contributed by atoms with Crippen LogP contribution in [-0.4, -0.2) is 29.1 Å². The van der Waals surface area contributed by atoms with Gasteiger partial charge in [0.25, 0.3) is 0 Å². The minimum absolute atomic E-state index is 0.218. The third-order valence-electron chi connectivity index (χ3n) is 2.95. The second-order valence-corrected chi connectivity index (χ2v) is 6.39. The molecule has 0 saturated carbocycles. The molecule has 1 aromatic rings. The molecule has 0 bridgehead atoms. The third kappa shape index (κ3) is 6.42. The van der Waals surface area contributed by atoms with Gasteiger partial charge in [0.1, 0.15) is 5.60 Å². The second-order valence-electron chi connectivity index (χ2n) is 6.39. The molecule has 0 aliphatic rings. The fourth-order valence-corrected chi connectivity index (χ4v) is 1.88. The molecule has 0 saturated heterocycles. The molecule has 0 radical (unpaired) electrons. The van der Waals surface area contributed by atoms with Crippen molar-refractivity contribution in [2.24, 2.45) is 0 Å². The van der Waals surface area contributed by atoms with E-state index in [4.69, 9.17) is 10.00 Å². The lowest BCUT2D eigenvalue weighted by atomic mass is 10.1. The number of hydrogen-bond donors (Lipinski definition) is 0. The zero-order valence-corrected chi connectivity index (χ0v) is 13.5. The Labute approximate surface area is 127 Å². The van der Waals surface area contributed by atoms with Gasteiger partial charge >= 0.3 is 5.97 Å². The predicted molar refractivity (Wildman–Crippen MR) is 82.5 cm³/mol. The molecule has 0 aliphatic heterocycles. The second kappa shape index (κ2) is 7.24. The van der Waals surface area contributed by atoms with Crippen LogP contribution in [-0.2, 0) is 16.1 Å². The smallest absolute Gasteiger partial charge is 0.320 e. The zero-order chi connectivity index (χ0) is 16.0. The average molecular weight is 288 g/mol. The van der Waals surface area contributed by atoms with Crippen LogP contribution < -0.4 is 0 Å². The number of benzene rings is 1. The zero-order valence-electron chi connectivity index (χ0n) is 13.5. The minimum atomic E-state index is -0.464. The monoisotopic (exact) mass is 288 g/mol. The van der Waals surface area contributed by atoms with Gasteiger partial charge in [0.05, 0.1) is 18.2 Å². The molecular weight excluding hydrogens is 264 g/mol. The maximum atomic E-state index is 12.0. The quantitative estimate of drug-likeness (QED) is 0.781. The van der Waals surface area contributed by atoms with E-state index in [9.17, 15) is 4.79 Å². The number of ether oxygens (including phenoxy) is 1. The molecule has 21 heavy (non-hydrogen) atoms. The Kier molecular flexibility index (Phi) is 5.92. The number of rotatable bonds is 5. The molecule has 0 spiro atoms. The Morgan fingerprint density at radius 1 is 1.29 bits per heavy atom. The highest BCUT2D eigenvalue weighted by molar-refractivity contribution is 5.72. The molecule has 1 aromatic carbocycles. The average Bonchev–Trinajstić information content (AvgIpc) is 2.36. The van der Waals surface area contributed by atoms with Gasteiger partial charge in [-0.1, -0.05) is 12.1 Å². The summed E-state index contributed by atoms with van der Waals surface area (Å²) >= 11 is 0. The van der Waals surface area contributed by atoms with Crippen LogP contribution in [0.3, 0.4) is 0 Å². The first-order valence-corrected chi connectivity index (χ1v) is 7.16. The van der Waals surface area contributed by atoms with Crippen molar-refractivity contribution < 1.29 is 9.53 Å².